The fraction of sp³-hybridized carbons (Fsp3) is 0.533. The van der Waals surface area contributed by atoms with Crippen LogP contribution in [0.2, 0.25) is 0 Å². The van der Waals surface area contributed by atoms with Gasteiger partial charge in [-0.1, -0.05) is 0 Å². The second kappa shape index (κ2) is 4.09. The first-order valence-electron chi connectivity index (χ1n) is 6.65. The van der Waals surface area contributed by atoms with Gasteiger partial charge in [0.25, 0.3) is 0 Å². The van der Waals surface area contributed by atoms with Gasteiger partial charge in [-0.2, -0.15) is 0 Å². The van der Waals surface area contributed by atoms with Gasteiger partial charge in [0.05, 0.1) is 6.04 Å². The molecule has 0 aliphatic carbocycles. The van der Waals surface area contributed by atoms with Crippen molar-refractivity contribution in [2.75, 3.05) is 6.54 Å². The van der Waals surface area contributed by atoms with Crippen LogP contribution >= 0.6 is 0 Å². The monoisotopic (exact) mass is 245 g/mol. The number of ether oxygens (including phenoxy) is 1. The fourth-order valence-corrected chi connectivity index (χ4v) is 2.87. The number of nitrogens with one attached hydrogen (secondary N) is 1. The van der Waals surface area contributed by atoms with Crippen molar-refractivity contribution in [2.45, 2.75) is 44.8 Å². The fourth-order valence-electron chi connectivity index (χ4n) is 2.87. The summed E-state index contributed by atoms with van der Waals surface area (Å²) in [5.41, 5.74) is 1.83. The summed E-state index contributed by atoms with van der Waals surface area (Å²) < 4.78 is 5.83. The number of ketones is 1. The SMILES string of the molecule is CC1(C)Cc2cc(C(=O)C3CCCN3)ccc2O1. The smallest absolute Gasteiger partial charge is 0.179 e. The second-order valence-corrected chi connectivity index (χ2v) is 5.87. The molecule has 2 aliphatic rings. The largest absolute Gasteiger partial charge is 0.487 e. The van der Waals surface area contributed by atoms with E-state index in [0.29, 0.717) is 0 Å². The van der Waals surface area contributed by atoms with Crippen molar-refractivity contribution in [2.24, 2.45) is 0 Å². The molecule has 3 nitrogen and oxygen atoms in total. The Hall–Kier alpha value is -1.35. The maximum absolute atomic E-state index is 12.3. The van der Waals surface area contributed by atoms with Crippen LogP contribution in [0.15, 0.2) is 18.2 Å². The predicted molar refractivity (Wildman–Crippen MR) is 70.2 cm³/mol. The molecule has 1 aromatic carbocycles. The summed E-state index contributed by atoms with van der Waals surface area (Å²) in [6, 6.07) is 5.85. The predicted octanol–water partition coefficient (Wildman–Crippen LogP) is 2.33. The third-order valence-corrected chi connectivity index (χ3v) is 3.72. The van der Waals surface area contributed by atoms with Crippen molar-refractivity contribution in [3.63, 3.8) is 0 Å². The quantitative estimate of drug-likeness (QED) is 0.813. The number of hydrogen-bond donors (Lipinski definition) is 1. The Morgan fingerprint density at radius 3 is 3.00 bits per heavy atom. The highest BCUT2D eigenvalue weighted by atomic mass is 16.5. The molecule has 2 heterocycles. The number of Topliss-reactive ketones (excluding diaryl/α,β-unsaturated/α-hetero) is 1. The molecule has 1 aromatic rings. The highest BCUT2D eigenvalue weighted by Gasteiger charge is 2.31. The van der Waals surface area contributed by atoms with Crippen LogP contribution < -0.4 is 10.1 Å². The second-order valence-electron chi connectivity index (χ2n) is 5.87. The van der Waals surface area contributed by atoms with Crippen molar-refractivity contribution < 1.29 is 9.53 Å². The van der Waals surface area contributed by atoms with E-state index < -0.39 is 0 Å². The highest BCUT2D eigenvalue weighted by Crippen LogP contribution is 2.35. The van der Waals surface area contributed by atoms with Crippen LogP contribution in [0.1, 0.15) is 42.6 Å². The van der Waals surface area contributed by atoms with Gasteiger partial charge in [-0.3, -0.25) is 4.79 Å². The van der Waals surface area contributed by atoms with Crippen LogP contribution in [0.4, 0.5) is 0 Å². The van der Waals surface area contributed by atoms with Gasteiger partial charge in [-0.15, -0.1) is 0 Å². The topological polar surface area (TPSA) is 38.3 Å². The van der Waals surface area contributed by atoms with E-state index in [0.717, 1.165) is 42.7 Å². The summed E-state index contributed by atoms with van der Waals surface area (Å²) in [6.07, 6.45) is 2.93. The lowest BCUT2D eigenvalue weighted by Gasteiger charge is -2.16. The van der Waals surface area contributed by atoms with Crippen LogP contribution in [-0.2, 0) is 6.42 Å². The van der Waals surface area contributed by atoms with Crippen LogP contribution in [0.5, 0.6) is 5.75 Å². The first-order valence-corrected chi connectivity index (χ1v) is 6.65. The molecular formula is C15H19NO2. The van der Waals surface area contributed by atoms with Crippen LogP contribution in [-0.4, -0.2) is 24.0 Å². The molecular weight excluding hydrogens is 226 g/mol. The molecule has 1 saturated heterocycles. The Labute approximate surface area is 108 Å². The molecule has 0 aromatic heterocycles. The summed E-state index contributed by atoms with van der Waals surface area (Å²) in [4.78, 5) is 12.3. The molecule has 0 spiro atoms. The van der Waals surface area contributed by atoms with Gasteiger partial charge in [-0.25, -0.2) is 0 Å². The number of rotatable bonds is 2. The minimum Gasteiger partial charge on any atom is -0.487 e. The van der Waals surface area contributed by atoms with Crippen molar-refractivity contribution in [1.82, 2.24) is 5.32 Å². The van der Waals surface area contributed by atoms with E-state index in [1.165, 1.54) is 0 Å². The lowest BCUT2D eigenvalue weighted by atomic mass is 9.97. The highest BCUT2D eigenvalue weighted by molar-refractivity contribution is 6.00. The summed E-state index contributed by atoms with van der Waals surface area (Å²) in [5.74, 6) is 1.15. The van der Waals surface area contributed by atoms with E-state index in [2.05, 4.69) is 19.2 Å². The van der Waals surface area contributed by atoms with Crippen LogP contribution in [0.3, 0.4) is 0 Å². The molecule has 3 rings (SSSR count). The Kier molecular flexibility index (Phi) is 2.67. The average Bonchev–Trinajstić information content (AvgIpc) is 2.91. The molecule has 0 bridgehead atoms. The van der Waals surface area contributed by atoms with E-state index in [1.807, 2.05) is 18.2 Å². The van der Waals surface area contributed by atoms with E-state index in [9.17, 15) is 4.79 Å². The lowest BCUT2D eigenvalue weighted by molar-refractivity contribution is 0.0952. The van der Waals surface area contributed by atoms with Crippen LogP contribution in [0.25, 0.3) is 0 Å². The third-order valence-electron chi connectivity index (χ3n) is 3.72. The van der Waals surface area contributed by atoms with E-state index in [-0.39, 0.29) is 17.4 Å². The molecule has 1 fully saturated rings. The van der Waals surface area contributed by atoms with Gasteiger partial charge >= 0.3 is 0 Å². The number of benzene rings is 1. The normalized spacial score (nSPS) is 24.7. The Bertz CT molecular complexity index is 487. The van der Waals surface area contributed by atoms with Gasteiger partial charge in [0.2, 0.25) is 0 Å². The zero-order valence-electron chi connectivity index (χ0n) is 11.0. The van der Waals surface area contributed by atoms with Gasteiger partial charge in [0, 0.05) is 12.0 Å². The van der Waals surface area contributed by atoms with Gasteiger partial charge < -0.3 is 10.1 Å². The summed E-state index contributed by atoms with van der Waals surface area (Å²) in [7, 11) is 0. The number of fused-ring (bicyclic) bond motifs is 1. The molecule has 3 heteroatoms. The zero-order chi connectivity index (χ0) is 12.8. The maximum atomic E-state index is 12.3. The molecule has 0 radical (unpaired) electrons. The van der Waals surface area contributed by atoms with Crippen molar-refractivity contribution in [3.05, 3.63) is 29.3 Å². The van der Waals surface area contributed by atoms with Gasteiger partial charge in [0.15, 0.2) is 5.78 Å². The maximum Gasteiger partial charge on any atom is 0.179 e. The van der Waals surface area contributed by atoms with E-state index in [4.69, 9.17) is 4.74 Å². The first kappa shape index (κ1) is 11.7. The van der Waals surface area contributed by atoms with E-state index >= 15 is 0 Å². The number of carbonyl (C=O) groups is 1. The standard InChI is InChI=1S/C15H19NO2/c1-15(2)9-11-8-10(5-6-13(11)18-15)14(17)12-4-3-7-16-12/h5-6,8,12,16H,3-4,7,9H2,1-2H3. The van der Waals surface area contributed by atoms with Gasteiger partial charge in [-0.05, 0) is 57.0 Å². The Morgan fingerprint density at radius 1 is 1.44 bits per heavy atom. The minimum absolute atomic E-state index is 0.0124. The summed E-state index contributed by atoms with van der Waals surface area (Å²) in [6.45, 7) is 5.11. The molecule has 0 amide bonds. The number of hydrogen-bond acceptors (Lipinski definition) is 3. The van der Waals surface area contributed by atoms with Crippen LogP contribution in [0, 0.1) is 0 Å². The summed E-state index contributed by atoms with van der Waals surface area (Å²) in [5, 5.41) is 3.26. The Balaban J connectivity index is 1.85. The molecule has 2 aliphatic heterocycles. The Morgan fingerprint density at radius 2 is 2.28 bits per heavy atom. The zero-order valence-corrected chi connectivity index (χ0v) is 11.0. The minimum atomic E-state index is -0.143. The molecule has 1 atom stereocenters. The molecule has 0 saturated carbocycles. The first-order chi connectivity index (χ1) is 8.55. The average molecular weight is 245 g/mol. The lowest BCUT2D eigenvalue weighted by Crippen LogP contribution is -2.30. The van der Waals surface area contributed by atoms with Crippen molar-refractivity contribution in [1.29, 1.82) is 0 Å². The van der Waals surface area contributed by atoms with Crippen molar-refractivity contribution >= 4 is 5.78 Å². The molecule has 1 unspecified atom stereocenters. The van der Waals surface area contributed by atoms with Gasteiger partial charge in [0.1, 0.15) is 11.4 Å². The van der Waals surface area contributed by atoms with Crippen molar-refractivity contribution in [3.8, 4) is 5.75 Å². The molecule has 18 heavy (non-hydrogen) atoms. The number of carbonyl (C=O) groups excluding carboxylic acids is 1. The third kappa shape index (κ3) is 2.03. The van der Waals surface area contributed by atoms with E-state index in [1.54, 1.807) is 0 Å². The molecule has 96 valence electrons. The summed E-state index contributed by atoms with van der Waals surface area (Å²) >= 11 is 0. The molecule has 1 N–H and O–H groups in total.